The van der Waals surface area contributed by atoms with Crippen LogP contribution < -0.4 is 4.90 Å². The molecule has 17 heavy (non-hydrogen) atoms. The Labute approximate surface area is 101 Å². The summed E-state index contributed by atoms with van der Waals surface area (Å²) in [7, 11) is 1.83. The fourth-order valence-electron chi connectivity index (χ4n) is 1.69. The van der Waals surface area contributed by atoms with Crippen molar-refractivity contribution in [1.29, 1.82) is 5.26 Å². The highest BCUT2D eigenvalue weighted by Gasteiger charge is 2.14. The summed E-state index contributed by atoms with van der Waals surface area (Å²) in [5.74, 6) is -0.321. The molecule has 3 nitrogen and oxygen atoms in total. The number of aliphatic hydroxyl groups is 1. The lowest BCUT2D eigenvalue weighted by Gasteiger charge is -2.23. The number of rotatable bonds is 4. The van der Waals surface area contributed by atoms with Gasteiger partial charge in [-0.1, -0.05) is 0 Å². The van der Waals surface area contributed by atoms with Gasteiger partial charge >= 0.3 is 0 Å². The quantitative estimate of drug-likeness (QED) is 0.873. The Balaban J connectivity index is 3.12. The maximum absolute atomic E-state index is 13.5. The monoisotopic (exact) mass is 236 g/mol. The third kappa shape index (κ3) is 3.18. The van der Waals surface area contributed by atoms with Crippen molar-refractivity contribution < 1.29 is 9.50 Å². The molecule has 4 heteroatoms. The molecular formula is C13H17FN2O. The predicted molar refractivity (Wildman–Crippen MR) is 65.3 cm³/mol. The Kier molecular flexibility index (Phi) is 4.47. The van der Waals surface area contributed by atoms with Crippen LogP contribution in [0.15, 0.2) is 12.1 Å². The zero-order valence-corrected chi connectivity index (χ0v) is 10.4. The lowest BCUT2D eigenvalue weighted by molar-refractivity contribution is 0.199. The molecule has 0 aliphatic carbocycles. The summed E-state index contributed by atoms with van der Waals surface area (Å²) in [6, 6.07) is 5.13. The molecule has 1 N–H and O–H groups in total. The average molecular weight is 236 g/mol. The molecular weight excluding hydrogens is 219 g/mol. The SMILES string of the molecule is Cc1cc(N(C)CCC#N)c(C(C)O)cc1F. The van der Waals surface area contributed by atoms with Crippen molar-refractivity contribution in [1.82, 2.24) is 0 Å². The van der Waals surface area contributed by atoms with Gasteiger partial charge in [-0.3, -0.25) is 0 Å². The van der Waals surface area contributed by atoms with E-state index in [1.807, 2.05) is 11.9 Å². The van der Waals surface area contributed by atoms with Crippen LogP contribution in [0.4, 0.5) is 10.1 Å². The Hall–Kier alpha value is -1.60. The minimum Gasteiger partial charge on any atom is -0.389 e. The van der Waals surface area contributed by atoms with Crippen LogP contribution in [0.5, 0.6) is 0 Å². The van der Waals surface area contributed by atoms with E-state index in [-0.39, 0.29) is 5.82 Å². The summed E-state index contributed by atoms with van der Waals surface area (Å²) in [6.07, 6.45) is -0.337. The Morgan fingerprint density at radius 2 is 2.18 bits per heavy atom. The Bertz CT molecular complexity index is 438. The van der Waals surface area contributed by atoms with Crippen LogP contribution in [-0.2, 0) is 0 Å². The van der Waals surface area contributed by atoms with Gasteiger partial charge in [-0.15, -0.1) is 0 Å². The highest BCUT2D eigenvalue weighted by molar-refractivity contribution is 5.56. The van der Waals surface area contributed by atoms with Crippen LogP contribution in [-0.4, -0.2) is 18.7 Å². The standard InChI is InChI=1S/C13H17FN2O/c1-9-7-13(16(3)6-4-5-15)11(10(2)17)8-12(9)14/h7-8,10,17H,4,6H2,1-3H3. The fraction of sp³-hybridized carbons (Fsp3) is 0.462. The van der Waals surface area contributed by atoms with Gasteiger partial charge in [0.2, 0.25) is 0 Å². The van der Waals surface area contributed by atoms with Gasteiger partial charge in [-0.2, -0.15) is 5.26 Å². The summed E-state index contributed by atoms with van der Waals surface area (Å²) in [5, 5.41) is 18.2. The molecule has 0 spiro atoms. The molecule has 0 aliphatic heterocycles. The van der Waals surface area contributed by atoms with E-state index in [0.717, 1.165) is 5.69 Å². The maximum atomic E-state index is 13.5. The Morgan fingerprint density at radius 1 is 1.53 bits per heavy atom. The average Bonchev–Trinajstić information content (AvgIpc) is 2.28. The van der Waals surface area contributed by atoms with E-state index in [4.69, 9.17) is 5.26 Å². The van der Waals surface area contributed by atoms with Crippen molar-refractivity contribution in [3.63, 3.8) is 0 Å². The molecule has 0 aliphatic rings. The summed E-state index contributed by atoms with van der Waals surface area (Å²) in [6.45, 7) is 3.84. The number of halogens is 1. The largest absolute Gasteiger partial charge is 0.389 e. The number of benzene rings is 1. The van der Waals surface area contributed by atoms with E-state index in [1.54, 1.807) is 19.9 Å². The molecule has 1 rings (SSSR count). The first kappa shape index (κ1) is 13.5. The van der Waals surface area contributed by atoms with Gasteiger partial charge in [-0.05, 0) is 31.5 Å². The van der Waals surface area contributed by atoms with E-state index < -0.39 is 6.10 Å². The molecule has 1 atom stereocenters. The second-order valence-corrected chi connectivity index (χ2v) is 4.17. The van der Waals surface area contributed by atoms with Gasteiger partial charge in [0.25, 0.3) is 0 Å². The molecule has 92 valence electrons. The van der Waals surface area contributed by atoms with Crippen molar-refractivity contribution in [3.8, 4) is 6.07 Å². The molecule has 0 aromatic heterocycles. The van der Waals surface area contributed by atoms with Crippen LogP contribution in [0.25, 0.3) is 0 Å². The number of hydrogen-bond acceptors (Lipinski definition) is 3. The van der Waals surface area contributed by atoms with Crippen LogP contribution >= 0.6 is 0 Å². The highest BCUT2D eigenvalue weighted by atomic mass is 19.1. The zero-order valence-electron chi connectivity index (χ0n) is 10.4. The smallest absolute Gasteiger partial charge is 0.126 e. The zero-order chi connectivity index (χ0) is 13.0. The van der Waals surface area contributed by atoms with E-state index in [9.17, 15) is 9.50 Å². The molecule has 0 heterocycles. The predicted octanol–water partition coefficient (Wildman–Crippen LogP) is 2.54. The lowest BCUT2D eigenvalue weighted by Crippen LogP contribution is -2.20. The maximum Gasteiger partial charge on any atom is 0.126 e. The third-order valence-electron chi connectivity index (χ3n) is 2.73. The lowest BCUT2D eigenvalue weighted by atomic mass is 10.0. The second-order valence-electron chi connectivity index (χ2n) is 4.17. The summed E-state index contributed by atoms with van der Waals surface area (Å²) < 4.78 is 13.5. The van der Waals surface area contributed by atoms with E-state index in [2.05, 4.69) is 6.07 Å². The van der Waals surface area contributed by atoms with E-state index in [1.165, 1.54) is 6.07 Å². The van der Waals surface area contributed by atoms with Crippen LogP contribution in [0.1, 0.15) is 30.6 Å². The van der Waals surface area contributed by atoms with Gasteiger partial charge in [-0.25, -0.2) is 4.39 Å². The summed E-state index contributed by atoms with van der Waals surface area (Å²) in [5.41, 5.74) is 1.86. The Morgan fingerprint density at radius 3 is 2.71 bits per heavy atom. The van der Waals surface area contributed by atoms with Gasteiger partial charge < -0.3 is 10.0 Å². The van der Waals surface area contributed by atoms with Crippen molar-refractivity contribution in [2.75, 3.05) is 18.5 Å². The second kappa shape index (κ2) is 5.65. The van der Waals surface area contributed by atoms with Gasteiger partial charge in [0, 0.05) is 24.8 Å². The molecule has 0 amide bonds. The number of anilines is 1. The van der Waals surface area contributed by atoms with Crippen molar-refractivity contribution in [2.24, 2.45) is 0 Å². The van der Waals surface area contributed by atoms with Crippen LogP contribution in [0.2, 0.25) is 0 Å². The number of hydrogen-bond donors (Lipinski definition) is 1. The fourth-order valence-corrected chi connectivity index (χ4v) is 1.69. The van der Waals surface area contributed by atoms with Crippen LogP contribution in [0, 0.1) is 24.1 Å². The van der Waals surface area contributed by atoms with Crippen molar-refractivity contribution in [2.45, 2.75) is 26.4 Å². The molecule has 1 aromatic rings. The number of aryl methyl sites for hydroxylation is 1. The summed E-state index contributed by atoms with van der Waals surface area (Å²) in [4.78, 5) is 1.86. The topological polar surface area (TPSA) is 47.3 Å². The third-order valence-corrected chi connectivity index (χ3v) is 2.73. The molecule has 0 bridgehead atoms. The first-order chi connectivity index (χ1) is 7.97. The van der Waals surface area contributed by atoms with Gasteiger partial charge in [0.05, 0.1) is 18.6 Å². The molecule has 1 unspecified atom stereocenters. The first-order valence-electron chi connectivity index (χ1n) is 5.53. The summed E-state index contributed by atoms with van der Waals surface area (Å²) >= 11 is 0. The molecule has 1 aromatic carbocycles. The van der Waals surface area contributed by atoms with E-state index in [0.29, 0.717) is 24.1 Å². The van der Waals surface area contributed by atoms with Crippen molar-refractivity contribution >= 4 is 5.69 Å². The van der Waals surface area contributed by atoms with E-state index >= 15 is 0 Å². The minimum atomic E-state index is -0.732. The van der Waals surface area contributed by atoms with Crippen molar-refractivity contribution in [3.05, 3.63) is 29.1 Å². The number of nitriles is 1. The first-order valence-corrected chi connectivity index (χ1v) is 5.53. The highest BCUT2D eigenvalue weighted by Crippen LogP contribution is 2.28. The number of nitrogens with zero attached hydrogens (tertiary/aromatic N) is 2. The molecule has 0 saturated carbocycles. The van der Waals surface area contributed by atoms with Crippen LogP contribution in [0.3, 0.4) is 0 Å². The van der Waals surface area contributed by atoms with Gasteiger partial charge in [0.1, 0.15) is 5.82 Å². The molecule has 0 saturated heterocycles. The molecule has 0 fully saturated rings. The molecule has 0 radical (unpaired) electrons. The number of aliphatic hydroxyl groups excluding tert-OH is 1. The van der Waals surface area contributed by atoms with Gasteiger partial charge in [0.15, 0.2) is 0 Å². The minimum absolute atomic E-state index is 0.321. The normalized spacial score (nSPS) is 12.0.